The van der Waals surface area contributed by atoms with Crippen molar-refractivity contribution in [3.05, 3.63) is 48.6 Å². The van der Waals surface area contributed by atoms with Crippen LogP contribution >= 0.6 is 0 Å². The minimum Gasteiger partial charge on any atom is -0.462 e. The summed E-state index contributed by atoms with van der Waals surface area (Å²) in [6.07, 6.45) is 55.2. The molecular formula is C50H93NO2. The highest BCUT2D eigenvalue weighted by atomic mass is 16.5. The highest BCUT2D eigenvalue weighted by Crippen LogP contribution is 2.29. The Labute approximate surface area is 333 Å². The molecule has 0 aromatic rings. The number of unbranched alkanes of at least 4 members (excludes halogenated alkanes) is 18. The number of nitrogens with zero attached hydrogens (tertiary/aromatic N) is 1. The van der Waals surface area contributed by atoms with Crippen LogP contribution in [0.3, 0.4) is 0 Å². The molecule has 0 N–H and O–H groups in total. The first-order valence-corrected chi connectivity index (χ1v) is 23.1. The van der Waals surface area contributed by atoms with Crippen molar-refractivity contribution in [3.63, 3.8) is 0 Å². The van der Waals surface area contributed by atoms with Crippen molar-refractivity contribution in [1.29, 1.82) is 0 Å². The van der Waals surface area contributed by atoms with E-state index in [0.29, 0.717) is 17.8 Å². The number of rotatable bonds is 39. The molecule has 0 aromatic heterocycles. The summed E-state index contributed by atoms with van der Waals surface area (Å²) >= 11 is 0. The molecule has 0 aliphatic heterocycles. The van der Waals surface area contributed by atoms with Crippen LogP contribution in [-0.2, 0) is 9.53 Å². The first-order chi connectivity index (χ1) is 25.7. The predicted octanol–water partition coefficient (Wildman–Crippen LogP) is 16.1. The van der Waals surface area contributed by atoms with Crippen molar-refractivity contribution in [3.8, 4) is 0 Å². The van der Waals surface area contributed by atoms with Crippen LogP contribution in [0.2, 0.25) is 0 Å². The summed E-state index contributed by atoms with van der Waals surface area (Å²) in [6, 6.07) is 0. The summed E-state index contributed by atoms with van der Waals surface area (Å²) in [6.45, 7) is 12.7. The molecule has 3 nitrogen and oxygen atoms in total. The van der Waals surface area contributed by atoms with Gasteiger partial charge in [0.25, 0.3) is 0 Å². The second kappa shape index (κ2) is 38.7. The van der Waals surface area contributed by atoms with Gasteiger partial charge < -0.3 is 9.64 Å². The molecule has 0 spiro atoms. The van der Waals surface area contributed by atoms with Gasteiger partial charge in [-0.1, -0.05) is 167 Å². The monoisotopic (exact) mass is 740 g/mol. The van der Waals surface area contributed by atoms with E-state index >= 15 is 0 Å². The van der Waals surface area contributed by atoms with Gasteiger partial charge in [0.1, 0.15) is 6.10 Å². The molecule has 0 heterocycles. The Bertz CT molecular complexity index is 897. The molecule has 0 bridgehead atoms. The Morgan fingerprint density at radius 3 is 1.36 bits per heavy atom. The van der Waals surface area contributed by atoms with Crippen LogP contribution in [0.25, 0.3) is 0 Å². The second-order valence-corrected chi connectivity index (χ2v) is 17.5. The minimum atomic E-state index is 0.0365. The molecule has 2 unspecified atom stereocenters. The Kier molecular flexibility index (Phi) is 37.5. The van der Waals surface area contributed by atoms with Crippen molar-refractivity contribution < 1.29 is 9.53 Å². The fourth-order valence-electron chi connectivity index (χ4n) is 7.79. The SMILES string of the molecule is CCCCCC=CCC=CCCCCCCCCCC(CCCCCCCC=CCC=CCCCCC)OC(=O)CCCC(C)CC(C)(C)CN(C)C. The standard InChI is InChI=1S/C50H93NO2/c1-8-10-12-14-16-18-20-22-24-25-27-29-31-33-35-37-39-43-48(53-49(52)44-40-41-47(3)45-50(4,5)46-51(6)7)42-38-36-34-32-30-28-26-23-21-19-17-15-13-11-9-2/h16-19,22-24,26,47-48H,8-15,20-21,25,27-46H2,1-7H3. The first kappa shape index (κ1) is 51.4. The third-order valence-electron chi connectivity index (χ3n) is 10.5. The lowest BCUT2D eigenvalue weighted by Crippen LogP contribution is -2.30. The number of carbonyl (C=O) groups excluding carboxylic acids is 1. The number of esters is 1. The van der Waals surface area contributed by atoms with Crippen molar-refractivity contribution in [2.24, 2.45) is 11.3 Å². The van der Waals surface area contributed by atoms with Crippen LogP contribution in [0.15, 0.2) is 48.6 Å². The number of hydrogen-bond donors (Lipinski definition) is 0. The lowest BCUT2D eigenvalue weighted by atomic mass is 9.81. The number of allylic oxidation sites excluding steroid dienone is 8. The van der Waals surface area contributed by atoms with Crippen molar-refractivity contribution >= 4 is 5.97 Å². The molecule has 0 aromatic carbocycles. The average Bonchev–Trinajstić information content (AvgIpc) is 3.10. The Morgan fingerprint density at radius 2 is 0.943 bits per heavy atom. The van der Waals surface area contributed by atoms with Crippen LogP contribution in [-0.4, -0.2) is 37.6 Å². The van der Waals surface area contributed by atoms with E-state index in [4.69, 9.17) is 4.74 Å². The summed E-state index contributed by atoms with van der Waals surface area (Å²) in [7, 11) is 4.32. The van der Waals surface area contributed by atoms with Gasteiger partial charge in [-0.25, -0.2) is 0 Å². The minimum absolute atomic E-state index is 0.0365. The van der Waals surface area contributed by atoms with Crippen LogP contribution in [0.5, 0.6) is 0 Å². The van der Waals surface area contributed by atoms with E-state index in [9.17, 15) is 4.79 Å². The molecule has 2 atom stereocenters. The predicted molar refractivity (Wildman–Crippen MR) is 238 cm³/mol. The summed E-state index contributed by atoms with van der Waals surface area (Å²) in [5.41, 5.74) is 0.304. The van der Waals surface area contributed by atoms with Crippen LogP contribution in [0.4, 0.5) is 0 Å². The Hall–Kier alpha value is -1.61. The van der Waals surface area contributed by atoms with Gasteiger partial charge in [-0.3, -0.25) is 4.79 Å². The van der Waals surface area contributed by atoms with Gasteiger partial charge in [0.15, 0.2) is 0 Å². The molecule has 0 amide bonds. The zero-order chi connectivity index (χ0) is 39.1. The van der Waals surface area contributed by atoms with Gasteiger partial charge in [0.2, 0.25) is 0 Å². The maximum Gasteiger partial charge on any atom is 0.306 e. The van der Waals surface area contributed by atoms with Crippen LogP contribution < -0.4 is 0 Å². The van der Waals surface area contributed by atoms with E-state index in [0.717, 1.165) is 45.1 Å². The lowest BCUT2D eigenvalue weighted by Gasteiger charge is -2.31. The fraction of sp³-hybridized carbons (Fsp3) is 0.820. The molecule has 0 aliphatic carbocycles. The van der Waals surface area contributed by atoms with Gasteiger partial charge in [-0.2, -0.15) is 0 Å². The van der Waals surface area contributed by atoms with Gasteiger partial charge >= 0.3 is 5.97 Å². The maximum atomic E-state index is 13.0. The Morgan fingerprint density at radius 1 is 0.547 bits per heavy atom. The topological polar surface area (TPSA) is 29.5 Å². The molecular weight excluding hydrogens is 647 g/mol. The number of ether oxygens (including phenoxy) is 1. The highest BCUT2D eigenvalue weighted by molar-refractivity contribution is 5.69. The van der Waals surface area contributed by atoms with Crippen molar-refractivity contribution in [2.45, 2.75) is 233 Å². The molecule has 0 fully saturated rings. The van der Waals surface area contributed by atoms with E-state index in [1.165, 1.54) is 148 Å². The zero-order valence-corrected chi connectivity index (χ0v) is 37.0. The molecule has 53 heavy (non-hydrogen) atoms. The third-order valence-corrected chi connectivity index (χ3v) is 10.5. The van der Waals surface area contributed by atoms with Gasteiger partial charge in [0.05, 0.1) is 0 Å². The summed E-state index contributed by atoms with van der Waals surface area (Å²) < 4.78 is 6.16. The molecule has 0 saturated heterocycles. The highest BCUT2D eigenvalue weighted by Gasteiger charge is 2.22. The largest absolute Gasteiger partial charge is 0.462 e. The van der Waals surface area contributed by atoms with Gasteiger partial charge in [-0.15, -0.1) is 0 Å². The van der Waals surface area contributed by atoms with E-state index in [2.05, 4.69) is 102 Å². The Balaban J connectivity index is 4.37. The lowest BCUT2D eigenvalue weighted by molar-refractivity contribution is -0.150. The van der Waals surface area contributed by atoms with Crippen molar-refractivity contribution in [2.75, 3.05) is 20.6 Å². The second-order valence-electron chi connectivity index (χ2n) is 17.5. The van der Waals surface area contributed by atoms with E-state index in [-0.39, 0.29) is 12.1 Å². The number of hydrogen-bond acceptors (Lipinski definition) is 3. The van der Waals surface area contributed by atoms with Crippen molar-refractivity contribution in [1.82, 2.24) is 4.90 Å². The van der Waals surface area contributed by atoms with Crippen LogP contribution in [0, 0.1) is 11.3 Å². The molecule has 0 radical (unpaired) electrons. The smallest absolute Gasteiger partial charge is 0.306 e. The maximum absolute atomic E-state index is 13.0. The number of carbonyl (C=O) groups is 1. The van der Waals surface area contributed by atoms with E-state index < -0.39 is 0 Å². The van der Waals surface area contributed by atoms with Gasteiger partial charge in [-0.05, 0) is 128 Å². The third kappa shape index (κ3) is 39.9. The first-order valence-electron chi connectivity index (χ1n) is 23.1. The fourth-order valence-corrected chi connectivity index (χ4v) is 7.79. The van der Waals surface area contributed by atoms with Gasteiger partial charge in [0, 0.05) is 13.0 Å². The molecule has 0 saturated carbocycles. The summed E-state index contributed by atoms with van der Waals surface area (Å²) in [5.74, 6) is 0.666. The molecule has 0 aliphatic rings. The quantitative estimate of drug-likeness (QED) is 0.0357. The summed E-state index contributed by atoms with van der Waals surface area (Å²) in [5, 5.41) is 0. The van der Waals surface area contributed by atoms with E-state index in [1.54, 1.807) is 0 Å². The molecule has 3 heteroatoms. The zero-order valence-electron chi connectivity index (χ0n) is 37.0. The molecule has 0 rings (SSSR count). The van der Waals surface area contributed by atoms with E-state index in [1.807, 2.05) is 0 Å². The van der Waals surface area contributed by atoms with Crippen LogP contribution in [0.1, 0.15) is 227 Å². The summed E-state index contributed by atoms with van der Waals surface area (Å²) in [4.78, 5) is 15.2. The normalized spacial score (nSPS) is 13.8. The average molecular weight is 740 g/mol. The molecule has 310 valence electrons.